The molecule has 3 rings (SSSR count). The number of anilines is 2. The number of nitrogens with zero attached hydrogens (tertiary/aromatic N) is 2. The Kier molecular flexibility index (Phi) is 6.03. The minimum atomic E-state index is -0.577. The smallest absolute Gasteiger partial charge is 0.340 e. The van der Waals surface area contributed by atoms with Crippen molar-refractivity contribution in [2.75, 3.05) is 50.5 Å². The summed E-state index contributed by atoms with van der Waals surface area (Å²) < 4.78 is 10.4. The van der Waals surface area contributed by atoms with Crippen molar-refractivity contribution in [3.8, 4) is 5.75 Å². The second kappa shape index (κ2) is 8.65. The van der Waals surface area contributed by atoms with Crippen LogP contribution in [0.3, 0.4) is 0 Å². The molecule has 1 amide bonds. The molecule has 148 valence electrons. The third-order valence-corrected chi connectivity index (χ3v) is 4.94. The summed E-state index contributed by atoms with van der Waals surface area (Å²) in [6.45, 7) is 4.13. The molecular formula is C21H25N3O4. The maximum absolute atomic E-state index is 12.4. The lowest BCUT2D eigenvalue weighted by Gasteiger charge is -2.36. The summed E-state index contributed by atoms with van der Waals surface area (Å²) in [7, 11) is 1.64. The average molecular weight is 383 g/mol. The van der Waals surface area contributed by atoms with Crippen LogP contribution in [-0.4, -0.2) is 56.7 Å². The van der Waals surface area contributed by atoms with Crippen LogP contribution in [0.2, 0.25) is 0 Å². The summed E-state index contributed by atoms with van der Waals surface area (Å²) in [5.74, 6) is 0.0361. The molecule has 28 heavy (non-hydrogen) atoms. The summed E-state index contributed by atoms with van der Waals surface area (Å²) in [4.78, 5) is 28.5. The van der Waals surface area contributed by atoms with Gasteiger partial charge in [-0.25, -0.2) is 4.79 Å². The van der Waals surface area contributed by atoms with Crippen LogP contribution in [0.4, 0.5) is 11.4 Å². The number of hydrogen-bond acceptors (Lipinski definition) is 6. The van der Waals surface area contributed by atoms with Gasteiger partial charge in [0.15, 0.2) is 6.61 Å². The number of ether oxygens (including phenoxy) is 2. The van der Waals surface area contributed by atoms with E-state index in [1.165, 1.54) is 0 Å². The minimum absolute atomic E-state index is 0.200. The van der Waals surface area contributed by atoms with Crippen LogP contribution in [-0.2, 0) is 9.53 Å². The number of methoxy groups -OCH3 is 1. The molecule has 1 aliphatic heterocycles. The molecule has 0 aliphatic carbocycles. The van der Waals surface area contributed by atoms with Crippen LogP contribution in [0.15, 0.2) is 42.5 Å². The molecule has 2 aromatic carbocycles. The monoisotopic (exact) mass is 383 g/mol. The summed E-state index contributed by atoms with van der Waals surface area (Å²) in [6.07, 6.45) is 0. The SMILES string of the molecule is COc1ccc(N2CCN(C(=O)COC(=O)c3cccc(C)c3N)CC2)cc1. The highest BCUT2D eigenvalue weighted by Gasteiger charge is 2.23. The number of amides is 1. The lowest BCUT2D eigenvalue weighted by molar-refractivity contribution is -0.134. The van der Waals surface area contributed by atoms with E-state index < -0.39 is 5.97 Å². The van der Waals surface area contributed by atoms with Crippen LogP contribution in [0, 0.1) is 6.92 Å². The highest BCUT2D eigenvalue weighted by molar-refractivity contribution is 5.96. The number of carbonyl (C=O) groups excluding carboxylic acids is 2. The molecule has 1 saturated heterocycles. The number of rotatable bonds is 5. The van der Waals surface area contributed by atoms with Crippen molar-refractivity contribution in [1.82, 2.24) is 4.90 Å². The Morgan fingerprint density at radius 1 is 1.04 bits per heavy atom. The van der Waals surface area contributed by atoms with E-state index in [9.17, 15) is 9.59 Å². The van der Waals surface area contributed by atoms with E-state index in [1.807, 2.05) is 37.3 Å². The quantitative estimate of drug-likeness (QED) is 0.629. The van der Waals surface area contributed by atoms with E-state index in [-0.39, 0.29) is 18.1 Å². The molecule has 2 aromatic rings. The Morgan fingerprint density at radius 3 is 2.36 bits per heavy atom. The highest BCUT2D eigenvalue weighted by Crippen LogP contribution is 2.21. The number of piperazine rings is 1. The normalized spacial score (nSPS) is 13.9. The zero-order chi connectivity index (χ0) is 20.1. The molecule has 0 bridgehead atoms. The topological polar surface area (TPSA) is 85.1 Å². The Bertz CT molecular complexity index is 843. The highest BCUT2D eigenvalue weighted by atomic mass is 16.5. The van der Waals surface area contributed by atoms with Crippen molar-refractivity contribution in [2.24, 2.45) is 0 Å². The van der Waals surface area contributed by atoms with Gasteiger partial charge in [0.05, 0.1) is 12.7 Å². The summed E-state index contributed by atoms with van der Waals surface area (Å²) in [5, 5.41) is 0. The molecule has 1 fully saturated rings. The van der Waals surface area contributed by atoms with Crippen LogP contribution < -0.4 is 15.4 Å². The predicted octanol–water partition coefficient (Wildman–Crippen LogP) is 2.09. The third kappa shape index (κ3) is 4.36. The Morgan fingerprint density at radius 2 is 1.71 bits per heavy atom. The predicted molar refractivity (Wildman–Crippen MR) is 108 cm³/mol. The second-order valence-electron chi connectivity index (χ2n) is 6.68. The molecule has 1 aliphatic rings. The number of para-hydroxylation sites is 1. The zero-order valence-corrected chi connectivity index (χ0v) is 16.2. The number of benzene rings is 2. The average Bonchev–Trinajstić information content (AvgIpc) is 2.74. The summed E-state index contributed by atoms with van der Waals surface area (Å²) in [6, 6.07) is 13.0. The van der Waals surface area contributed by atoms with Crippen LogP contribution in [0.5, 0.6) is 5.75 Å². The van der Waals surface area contributed by atoms with E-state index in [1.54, 1.807) is 24.1 Å². The molecule has 0 unspecified atom stereocenters. The standard InChI is InChI=1S/C21H25N3O4/c1-15-4-3-5-18(20(15)22)21(26)28-14-19(25)24-12-10-23(11-13-24)16-6-8-17(27-2)9-7-16/h3-9H,10-14,22H2,1-2H3. The maximum Gasteiger partial charge on any atom is 0.340 e. The maximum atomic E-state index is 12.4. The first kappa shape index (κ1) is 19.5. The van der Waals surface area contributed by atoms with Gasteiger partial charge >= 0.3 is 5.97 Å². The van der Waals surface area contributed by atoms with Crippen molar-refractivity contribution in [2.45, 2.75) is 6.92 Å². The molecule has 0 saturated carbocycles. The number of aryl methyl sites for hydroxylation is 1. The van der Waals surface area contributed by atoms with Gasteiger partial charge in [-0.05, 0) is 42.8 Å². The van der Waals surface area contributed by atoms with Gasteiger partial charge in [0.1, 0.15) is 5.75 Å². The van der Waals surface area contributed by atoms with Gasteiger partial charge in [0.2, 0.25) is 0 Å². The number of nitrogen functional groups attached to an aromatic ring is 1. The Hall–Kier alpha value is -3.22. The molecule has 7 heteroatoms. The lowest BCUT2D eigenvalue weighted by atomic mass is 10.1. The number of esters is 1. The number of hydrogen-bond donors (Lipinski definition) is 1. The van der Waals surface area contributed by atoms with E-state index in [0.717, 1.165) is 30.1 Å². The first-order chi connectivity index (χ1) is 13.5. The molecule has 0 atom stereocenters. The number of carbonyl (C=O) groups is 2. The number of nitrogens with two attached hydrogens (primary N) is 1. The lowest BCUT2D eigenvalue weighted by Crippen LogP contribution is -2.49. The Labute approximate surface area is 164 Å². The molecule has 0 radical (unpaired) electrons. The fourth-order valence-electron chi connectivity index (χ4n) is 3.16. The largest absolute Gasteiger partial charge is 0.497 e. The first-order valence-corrected chi connectivity index (χ1v) is 9.18. The van der Waals surface area contributed by atoms with Gasteiger partial charge in [-0.2, -0.15) is 0 Å². The van der Waals surface area contributed by atoms with Crippen LogP contribution in [0.1, 0.15) is 15.9 Å². The van der Waals surface area contributed by atoms with Gasteiger partial charge in [0, 0.05) is 37.6 Å². The van der Waals surface area contributed by atoms with E-state index in [0.29, 0.717) is 18.8 Å². The van der Waals surface area contributed by atoms with Gasteiger partial charge in [-0.15, -0.1) is 0 Å². The molecule has 2 N–H and O–H groups in total. The molecule has 7 nitrogen and oxygen atoms in total. The minimum Gasteiger partial charge on any atom is -0.497 e. The van der Waals surface area contributed by atoms with Gasteiger partial charge < -0.3 is 25.0 Å². The molecule has 1 heterocycles. The zero-order valence-electron chi connectivity index (χ0n) is 16.2. The van der Waals surface area contributed by atoms with Crippen molar-refractivity contribution < 1.29 is 19.1 Å². The molecular weight excluding hydrogens is 358 g/mol. The van der Waals surface area contributed by atoms with Crippen LogP contribution >= 0.6 is 0 Å². The van der Waals surface area contributed by atoms with Gasteiger partial charge in [-0.1, -0.05) is 12.1 Å². The first-order valence-electron chi connectivity index (χ1n) is 9.18. The van der Waals surface area contributed by atoms with Crippen molar-refractivity contribution >= 4 is 23.3 Å². The molecule has 0 aromatic heterocycles. The van der Waals surface area contributed by atoms with Gasteiger partial charge in [-0.3, -0.25) is 4.79 Å². The van der Waals surface area contributed by atoms with Crippen molar-refractivity contribution in [1.29, 1.82) is 0 Å². The van der Waals surface area contributed by atoms with Crippen molar-refractivity contribution in [3.05, 3.63) is 53.6 Å². The fraction of sp³-hybridized carbons (Fsp3) is 0.333. The fourth-order valence-corrected chi connectivity index (χ4v) is 3.16. The van der Waals surface area contributed by atoms with Crippen molar-refractivity contribution in [3.63, 3.8) is 0 Å². The van der Waals surface area contributed by atoms with E-state index >= 15 is 0 Å². The molecule has 0 spiro atoms. The summed E-state index contributed by atoms with van der Waals surface area (Å²) >= 11 is 0. The van der Waals surface area contributed by atoms with Gasteiger partial charge in [0.25, 0.3) is 5.91 Å². The second-order valence-corrected chi connectivity index (χ2v) is 6.68. The Balaban J connectivity index is 1.49. The van der Waals surface area contributed by atoms with E-state index in [2.05, 4.69) is 4.90 Å². The van der Waals surface area contributed by atoms with E-state index in [4.69, 9.17) is 15.2 Å². The summed E-state index contributed by atoms with van der Waals surface area (Å²) in [5.41, 5.74) is 8.48. The van der Waals surface area contributed by atoms with Crippen LogP contribution in [0.25, 0.3) is 0 Å². The third-order valence-electron chi connectivity index (χ3n) is 4.94.